The summed E-state index contributed by atoms with van der Waals surface area (Å²) >= 11 is 0. The number of pyridine rings is 1. The van der Waals surface area contributed by atoms with Gasteiger partial charge in [-0.15, -0.1) is 0 Å². The van der Waals surface area contributed by atoms with E-state index in [0.29, 0.717) is 43.4 Å². The van der Waals surface area contributed by atoms with Crippen molar-refractivity contribution in [3.05, 3.63) is 76.9 Å². The molecule has 3 aromatic rings. The molecule has 0 bridgehead atoms. The van der Waals surface area contributed by atoms with Gasteiger partial charge in [0.15, 0.2) is 6.10 Å². The minimum Gasteiger partial charge on any atom is -0.493 e. The molecular formula is C39H51FN2O5. The number of aryl methyl sites for hydroxylation is 1. The third-order valence-electron chi connectivity index (χ3n) is 9.40. The topological polar surface area (TPSA) is 81.1 Å². The largest absolute Gasteiger partial charge is 0.493 e. The van der Waals surface area contributed by atoms with E-state index in [-0.39, 0.29) is 11.2 Å². The maximum atomic E-state index is 13.3. The number of aliphatic carboxylic acids is 1. The second kappa shape index (κ2) is 14.7. The summed E-state index contributed by atoms with van der Waals surface area (Å²) in [5.74, 6) is 0.0255. The van der Waals surface area contributed by atoms with Crippen LogP contribution in [-0.2, 0) is 27.3 Å². The Balaban J connectivity index is 1.55. The van der Waals surface area contributed by atoms with E-state index in [1.807, 2.05) is 52.0 Å². The molecule has 1 unspecified atom stereocenters. The smallest absolute Gasteiger partial charge is 0.337 e. The highest BCUT2D eigenvalue weighted by Crippen LogP contribution is 2.45. The summed E-state index contributed by atoms with van der Waals surface area (Å²) in [6.45, 7) is 15.2. The lowest BCUT2D eigenvalue weighted by atomic mass is 9.81. The van der Waals surface area contributed by atoms with Crippen LogP contribution in [-0.4, -0.2) is 48.0 Å². The molecule has 2 aliphatic rings. The van der Waals surface area contributed by atoms with Gasteiger partial charge in [0.1, 0.15) is 11.6 Å². The van der Waals surface area contributed by atoms with Gasteiger partial charge in [-0.3, -0.25) is 4.98 Å². The molecule has 0 amide bonds. The van der Waals surface area contributed by atoms with Gasteiger partial charge in [0, 0.05) is 42.9 Å². The van der Waals surface area contributed by atoms with E-state index in [2.05, 4.69) is 18.7 Å². The summed E-state index contributed by atoms with van der Waals surface area (Å²) in [6.07, 6.45) is 5.09. The molecule has 1 saturated heterocycles. The summed E-state index contributed by atoms with van der Waals surface area (Å²) in [5.41, 5.74) is 5.26. The Hall–Kier alpha value is -3.49. The fourth-order valence-electron chi connectivity index (χ4n) is 6.37. The Kier molecular flexibility index (Phi) is 10.9. The van der Waals surface area contributed by atoms with Gasteiger partial charge in [-0.1, -0.05) is 44.5 Å². The van der Waals surface area contributed by atoms with Crippen LogP contribution in [0.3, 0.4) is 0 Å². The first-order valence-electron chi connectivity index (χ1n) is 17.0. The van der Waals surface area contributed by atoms with Crippen LogP contribution in [0.5, 0.6) is 5.75 Å². The highest BCUT2D eigenvalue weighted by Gasteiger charge is 2.37. The van der Waals surface area contributed by atoms with Crippen LogP contribution < -0.4 is 9.64 Å². The van der Waals surface area contributed by atoms with E-state index in [1.165, 1.54) is 31.4 Å². The number of hydrogen-bond acceptors (Lipinski definition) is 6. The standard InChI is InChI=1S/C39H51FN2O5/c1-26-33(36(37(43)44)47-38(2,3)4)35(42-21-19-39(5,6)20-22-42)34(32(41-26)25-45-24-28-8-7-9-28)29-12-16-31(17-13-29)46-23-18-27-10-14-30(40)15-11-27/h10-17,28,36H,7-9,18-25H2,1-6H3,(H,43,44). The molecule has 2 heterocycles. The van der Waals surface area contributed by atoms with Crippen molar-refractivity contribution in [3.63, 3.8) is 0 Å². The second-order valence-corrected chi connectivity index (χ2v) is 14.9. The number of benzene rings is 2. The van der Waals surface area contributed by atoms with Crippen molar-refractivity contribution in [3.8, 4) is 16.9 Å². The average molecular weight is 647 g/mol. The van der Waals surface area contributed by atoms with Crippen LogP contribution in [0.2, 0.25) is 0 Å². The molecule has 1 aliphatic carbocycles. The molecule has 1 atom stereocenters. The summed E-state index contributed by atoms with van der Waals surface area (Å²) in [6, 6.07) is 14.4. The predicted octanol–water partition coefficient (Wildman–Crippen LogP) is 8.70. The van der Waals surface area contributed by atoms with Gasteiger partial charge in [0.05, 0.1) is 30.2 Å². The number of ether oxygens (including phenoxy) is 3. The highest BCUT2D eigenvalue weighted by atomic mass is 19.1. The number of carbonyl (C=O) groups is 1. The number of rotatable bonds is 13. The Morgan fingerprint density at radius 2 is 1.72 bits per heavy atom. The zero-order chi connectivity index (χ0) is 33.8. The number of halogens is 1. The van der Waals surface area contributed by atoms with Gasteiger partial charge in [0.25, 0.3) is 0 Å². The summed E-state index contributed by atoms with van der Waals surface area (Å²) in [5, 5.41) is 10.6. The average Bonchev–Trinajstić information content (AvgIpc) is 2.98. The molecular weight excluding hydrogens is 595 g/mol. The van der Waals surface area contributed by atoms with Gasteiger partial charge in [-0.25, -0.2) is 9.18 Å². The molecule has 47 heavy (non-hydrogen) atoms. The molecule has 0 radical (unpaired) electrons. The molecule has 8 heteroatoms. The SMILES string of the molecule is Cc1nc(COCC2CCC2)c(-c2ccc(OCCc3ccc(F)cc3)cc2)c(N2CCC(C)(C)CC2)c1C(OC(C)(C)C)C(=O)O. The highest BCUT2D eigenvalue weighted by molar-refractivity contribution is 5.88. The van der Waals surface area contributed by atoms with Crippen LogP contribution in [0.15, 0.2) is 48.5 Å². The molecule has 1 N–H and O–H groups in total. The Labute approximate surface area is 279 Å². The Morgan fingerprint density at radius 1 is 1.06 bits per heavy atom. The minimum atomic E-state index is -1.19. The number of carboxylic acid groups (broad SMARTS) is 1. The van der Waals surface area contributed by atoms with Gasteiger partial charge in [0.2, 0.25) is 0 Å². The van der Waals surface area contributed by atoms with Crippen molar-refractivity contribution in [2.24, 2.45) is 11.3 Å². The van der Waals surface area contributed by atoms with Crippen LogP contribution in [0.1, 0.15) is 95.3 Å². The van der Waals surface area contributed by atoms with E-state index >= 15 is 0 Å². The number of anilines is 1. The molecule has 2 aromatic carbocycles. The summed E-state index contributed by atoms with van der Waals surface area (Å²) in [4.78, 5) is 20.3. The number of piperidine rings is 1. The van der Waals surface area contributed by atoms with E-state index in [4.69, 9.17) is 19.2 Å². The fraction of sp³-hybridized carbons (Fsp3) is 0.538. The first kappa shape index (κ1) is 34.8. The van der Waals surface area contributed by atoms with Crippen LogP contribution in [0.4, 0.5) is 10.1 Å². The predicted molar refractivity (Wildman–Crippen MR) is 183 cm³/mol. The minimum absolute atomic E-state index is 0.203. The summed E-state index contributed by atoms with van der Waals surface area (Å²) < 4.78 is 31.9. The molecule has 1 aromatic heterocycles. The first-order valence-corrected chi connectivity index (χ1v) is 17.0. The van der Waals surface area contributed by atoms with Crippen molar-refractivity contribution in [1.29, 1.82) is 0 Å². The molecule has 7 nitrogen and oxygen atoms in total. The van der Waals surface area contributed by atoms with Gasteiger partial charge >= 0.3 is 5.97 Å². The van der Waals surface area contributed by atoms with Crippen molar-refractivity contribution >= 4 is 11.7 Å². The third kappa shape index (κ3) is 9.11. The van der Waals surface area contributed by atoms with Gasteiger partial charge < -0.3 is 24.2 Å². The maximum absolute atomic E-state index is 13.3. The number of aromatic nitrogens is 1. The van der Waals surface area contributed by atoms with Crippen molar-refractivity contribution < 1.29 is 28.5 Å². The van der Waals surface area contributed by atoms with Crippen LogP contribution >= 0.6 is 0 Å². The van der Waals surface area contributed by atoms with Crippen LogP contribution in [0, 0.1) is 24.1 Å². The lowest BCUT2D eigenvalue weighted by molar-refractivity contribution is -0.160. The lowest BCUT2D eigenvalue weighted by Crippen LogP contribution is -2.39. The number of nitrogens with zero attached hydrogens (tertiary/aromatic N) is 2. The van der Waals surface area contributed by atoms with Gasteiger partial charge in [-0.2, -0.15) is 0 Å². The molecule has 1 saturated carbocycles. The molecule has 1 aliphatic heterocycles. The van der Waals surface area contributed by atoms with E-state index in [9.17, 15) is 14.3 Å². The Bertz CT molecular complexity index is 1500. The van der Waals surface area contributed by atoms with Crippen molar-refractivity contribution in [1.82, 2.24) is 4.98 Å². The maximum Gasteiger partial charge on any atom is 0.337 e. The fourth-order valence-corrected chi connectivity index (χ4v) is 6.37. The van der Waals surface area contributed by atoms with Gasteiger partial charge in [-0.05, 0) is 100 Å². The molecule has 2 fully saturated rings. The monoisotopic (exact) mass is 646 g/mol. The second-order valence-electron chi connectivity index (χ2n) is 14.9. The normalized spacial score (nSPS) is 17.3. The first-order chi connectivity index (χ1) is 22.3. The van der Waals surface area contributed by atoms with Crippen molar-refractivity contribution in [2.75, 3.05) is 31.2 Å². The zero-order valence-electron chi connectivity index (χ0n) is 28.9. The number of hydrogen-bond donors (Lipinski definition) is 1. The lowest BCUT2D eigenvalue weighted by Gasteiger charge is -2.41. The molecule has 254 valence electrons. The molecule has 0 spiro atoms. The third-order valence-corrected chi connectivity index (χ3v) is 9.40. The van der Waals surface area contributed by atoms with E-state index < -0.39 is 17.7 Å². The number of carboxylic acids is 1. The van der Waals surface area contributed by atoms with E-state index in [0.717, 1.165) is 59.8 Å². The van der Waals surface area contributed by atoms with E-state index in [1.54, 1.807) is 12.1 Å². The van der Waals surface area contributed by atoms with Crippen LogP contribution in [0.25, 0.3) is 11.1 Å². The molecule has 5 rings (SSSR count). The quantitative estimate of drug-likeness (QED) is 0.199. The Morgan fingerprint density at radius 3 is 2.30 bits per heavy atom. The zero-order valence-corrected chi connectivity index (χ0v) is 28.9. The van der Waals surface area contributed by atoms with Crippen molar-refractivity contribution in [2.45, 2.75) is 98.4 Å². The summed E-state index contributed by atoms with van der Waals surface area (Å²) in [7, 11) is 0.